The lowest BCUT2D eigenvalue weighted by Gasteiger charge is -2.42. The zero-order valence-electron chi connectivity index (χ0n) is 14.9. The Morgan fingerprint density at radius 1 is 1.20 bits per heavy atom. The summed E-state index contributed by atoms with van der Waals surface area (Å²) in [5, 5.41) is 19.6. The van der Waals surface area contributed by atoms with Gasteiger partial charge in [0.1, 0.15) is 0 Å². The second-order valence-electron chi connectivity index (χ2n) is 7.32. The molecule has 0 radical (unpaired) electrons. The number of aromatic hydroxyl groups is 1. The van der Waals surface area contributed by atoms with Crippen molar-refractivity contribution >= 4 is 5.91 Å². The van der Waals surface area contributed by atoms with Gasteiger partial charge in [0.2, 0.25) is 0 Å². The summed E-state index contributed by atoms with van der Waals surface area (Å²) in [6.07, 6.45) is 4.13. The number of hydrogen-bond acceptors (Lipinski definition) is 5. The highest BCUT2D eigenvalue weighted by Crippen LogP contribution is 2.34. The van der Waals surface area contributed by atoms with Crippen LogP contribution in [0.4, 0.5) is 0 Å². The molecule has 0 bridgehead atoms. The maximum absolute atomic E-state index is 12.7. The molecule has 25 heavy (non-hydrogen) atoms. The van der Waals surface area contributed by atoms with Crippen molar-refractivity contribution in [3.05, 3.63) is 23.8 Å². The minimum atomic E-state index is -0.0895. The average molecular weight is 348 g/mol. The van der Waals surface area contributed by atoms with Crippen LogP contribution in [0.5, 0.6) is 11.5 Å². The van der Waals surface area contributed by atoms with Gasteiger partial charge < -0.3 is 24.7 Å². The Kier molecular flexibility index (Phi) is 5.49. The molecular formula is C19H28N2O4. The van der Waals surface area contributed by atoms with E-state index in [9.17, 15) is 15.0 Å². The van der Waals surface area contributed by atoms with Crippen molar-refractivity contribution in [3.8, 4) is 11.5 Å². The minimum Gasteiger partial charge on any atom is -0.504 e. The number of methoxy groups -OCH3 is 1. The third-order valence-electron chi connectivity index (χ3n) is 5.63. The van der Waals surface area contributed by atoms with Gasteiger partial charge >= 0.3 is 0 Å². The molecule has 0 aliphatic carbocycles. The number of ether oxygens (including phenoxy) is 1. The second kappa shape index (κ2) is 7.62. The first kappa shape index (κ1) is 18.0. The molecule has 1 aromatic rings. The molecule has 3 rings (SSSR count). The van der Waals surface area contributed by atoms with E-state index >= 15 is 0 Å². The van der Waals surface area contributed by atoms with Gasteiger partial charge in [0.05, 0.1) is 13.7 Å². The van der Waals surface area contributed by atoms with Crippen LogP contribution in [-0.2, 0) is 0 Å². The molecule has 2 fully saturated rings. The Balaban J connectivity index is 1.63. The summed E-state index contributed by atoms with van der Waals surface area (Å²) in [7, 11) is 1.47. The normalized spacial score (nSPS) is 20.6. The molecule has 138 valence electrons. The lowest BCUT2D eigenvalue weighted by atomic mass is 9.78. The lowest BCUT2D eigenvalue weighted by Crippen LogP contribution is -2.49. The number of carbonyl (C=O) groups is 1. The lowest BCUT2D eigenvalue weighted by molar-refractivity contribution is 0.0179. The van der Waals surface area contributed by atoms with Crippen molar-refractivity contribution in [2.75, 3.05) is 46.4 Å². The van der Waals surface area contributed by atoms with Gasteiger partial charge in [-0.25, -0.2) is 0 Å². The summed E-state index contributed by atoms with van der Waals surface area (Å²) >= 11 is 0. The monoisotopic (exact) mass is 348 g/mol. The first-order valence-electron chi connectivity index (χ1n) is 9.06. The quantitative estimate of drug-likeness (QED) is 0.847. The smallest absolute Gasteiger partial charge is 0.253 e. The number of aliphatic hydroxyl groups excluding tert-OH is 1. The van der Waals surface area contributed by atoms with Gasteiger partial charge in [-0.15, -0.1) is 0 Å². The minimum absolute atomic E-state index is 0.0302. The highest BCUT2D eigenvalue weighted by atomic mass is 16.5. The number of carbonyl (C=O) groups excluding carboxylic acids is 1. The molecule has 2 N–H and O–H groups in total. The number of amides is 1. The van der Waals surface area contributed by atoms with Crippen molar-refractivity contribution in [1.29, 1.82) is 0 Å². The van der Waals surface area contributed by atoms with E-state index < -0.39 is 0 Å². The van der Waals surface area contributed by atoms with Crippen LogP contribution in [-0.4, -0.2) is 72.4 Å². The highest BCUT2D eigenvalue weighted by Gasteiger charge is 2.37. The van der Waals surface area contributed by atoms with Gasteiger partial charge in [0, 0.05) is 30.6 Å². The zero-order valence-corrected chi connectivity index (χ0v) is 14.9. The topological polar surface area (TPSA) is 73.2 Å². The zero-order chi connectivity index (χ0) is 17.9. The molecule has 2 aliphatic heterocycles. The molecule has 1 amide bonds. The van der Waals surface area contributed by atoms with E-state index in [1.165, 1.54) is 26.0 Å². The maximum Gasteiger partial charge on any atom is 0.253 e. The summed E-state index contributed by atoms with van der Waals surface area (Å²) in [5.74, 6) is 0.287. The van der Waals surface area contributed by atoms with Gasteiger partial charge in [-0.3, -0.25) is 4.79 Å². The Morgan fingerprint density at radius 2 is 1.88 bits per heavy atom. The Labute approximate surface area is 149 Å². The van der Waals surface area contributed by atoms with Crippen molar-refractivity contribution in [2.24, 2.45) is 5.41 Å². The van der Waals surface area contributed by atoms with Crippen molar-refractivity contribution < 1.29 is 19.7 Å². The number of likely N-dealkylation sites (tertiary alicyclic amines) is 2. The summed E-state index contributed by atoms with van der Waals surface area (Å²) in [6, 6.07) is 4.69. The Bertz CT molecular complexity index is 605. The molecule has 0 atom stereocenters. The number of aliphatic hydroxyl groups is 1. The van der Waals surface area contributed by atoms with Crippen molar-refractivity contribution in [2.45, 2.75) is 25.7 Å². The Morgan fingerprint density at radius 3 is 2.48 bits per heavy atom. The summed E-state index contributed by atoms with van der Waals surface area (Å²) in [5.41, 5.74) is 0.430. The van der Waals surface area contributed by atoms with Crippen LogP contribution in [0.25, 0.3) is 0 Å². The number of hydrogen-bond donors (Lipinski definition) is 2. The average Bonchev–Trinajstić information content (AvgIpc) is 3.15. The molecule has 0 unspecified atom stereocenters. The first-order chi connectivity index (χ1) is 12.1. The molecule has 0 aromatic heterocycles. The number of phenolic OH excluding ortho intramolecular Hbond substituents is 1. The van der Waals surface area contributed by atoms with Crippen LogP contribution in [0, 0.1) is 5.41 Å². The van der Waals surface area contributed by atoms with Crippen LogP contribution in [0.15, 0.2) is 18.2 Å². The molecule has 0 spiro atoms. The van der Waals surface area contributed by atoms with Gasteiger partial charge in [-0.05, 0) is 57.0 Å². The Hall–Kier alpha value is -1.79. The fourth-order valence-corrected chi connectivity index (χ4v) is 3.96. The van der Waals surface area contributed by atoms with E-state index in [0.29, 0.717) is 24.4 Å². The second-order valence-corrected chi connectivity index (χ2v) is 7.32. The van der Waals surface area contributed by atoms with Crippen LogP contribution in [0.2, 0.25) is 0 Å². The summed E-state index contributed by atoms with van der Waals surface area (Å²) in [4.78, 5) is 17.0. The molecule has 2 saturated heterocycles. The number of benzene rings is 1. The van der Waals surface area contributed by atoms with E-state index in [0.717, 1.165) is 32.5 Å². The fourth-order valence-electron chi connectivity index (χ4n) is 3.96. The molecule has 1 aromatic carbocycles. The molecule has 2 aliphatic rings. The molecular weight excluding hydrogens is 320 g/mol. The molecule has 6 nitrogen and oxygen atoms in total. The number of piperidine rings is 1. The standard InChI is InChI=1S/C19H28N2O4/c1-25-17-12-15(4-5-16(17)23)18(24)21-10-6-19(14-22,7-11-21)13-20-8-2-3-9-20/h4-5,12,22-23H,2-3,6-11,13-14H2,1H3. The molecule has 0 saturated carbocycles. The van der Waals surface area contributed by atoms with Crippen molar-refractivity contribution in [3.63, 3.8) is 0 Å². The number of rotatable bonds is 5. The van der Waals surface area contributed by atoms with E-state index in [-0.39, 0.29) is 23.7 Å². The van der Waals surface area contributed by atoms with Crippen LogP contribution in [0.1, 0.15) is 36.0 Å². The van der Waals surface area contributed by atoms with Crippen molar-refractivity contribution in [1.82, 2.24) is 9.80 Å². The maximum atomic E-state index is 12.7. The van der Waals surface area contributed by atoms with Crippen LogP contribution in [0.3, 0.4) is 0 Å². The molecule has 2 heterocycles. The van der Waals surface area contributed by atoms with Gasteiger partial charge in [-0.2, -0.15) is 0 Å². The van der Waals surface area contributed by atoms with Crippen LogP contribution < -0.4 is 4.74 Å². The third kappa shape index (κ3) is 3.90. The number of phenols is 1. The predicted molar refractivity (Wildman–Crippen MR) is 95.0 cm³/mol. The van der Waals surface area contributed by atoms with E-state index in [4.69, 9.17) is 4.74 Å². The van der Waals surface area contributed by atoms with Gasteiger partial charge in [0.25, 0.3) is 5.91 Å². The largest absolute Gasteiger partial charge is 0.504 e. The SMILES string of the molecule is COc1cc(C(=O)N2CCC(CO)(CN3CCCC3)CC2)ccc1O. The highest BCUT2D eigenvalue weighted by molar-refractivity contribution is 5.95. The van der Waals surface area contributed by atoms with Gasteiger partial charge in [-0.1, -0.05) is 0 Å². The summed E-state index contributed by atoms with van der Waals surface area (Å²) in [6.45, 7) is 4.65. The summed E-state index contributed by atoms with van der Waals surface area (Å²) < 4.78 is 5.09. The first-order valence-corrected chi connectivity index (χ1v) is 9.06. The van der Waals surface area contributed by atoms with E-state index in [2.05, 4.69) is 4.90 Å². The van der Waals surface area contributed by atoms with Gasteiger partial charge in [0.15, 0.2) is 11.5 Å². The fraction of sp³-hybridized carbons (Fsp3) is 0.632. The van der Waals surface area contributed by atoms with Crippen LogP contribution >= 0.6 is 0 Å². The van der Waals surface area contributed by atoms with E-state index in [1.54, 1.807) is 12.1 Å². The molecule has 6 heteroatoms. The van der Waals surface area contributed by atoms with E-state index in [1.807, 2.05) is 4.90 Å². The number of nitrogens with zero attached hydrogens (tertiary/aromatic N) is 2. The third-order valence-corrected chi connectivity index (χ3v) is 5.63. The predicted octanol–water partition coefficient (Wildman–Crippen LogP) is 1.71.